The third-order valence-electron chi connectivity index (χ3n) is 3.01. The van der Waals surface area contributed by atoms with Crippen LogP contribution in [0.2, 0.25) is 5.02 Å². The lowest BCUT2D eigenvalue weighted by Gasteiger charge is -2.04. The molecule has 78 valence electrons. The molecule has 0 amide bonds. The summed E-state index contributed by atoms with van der Waals surface area (Å²) in [6, 6.07) is 3.68. The smallest absolute Gasteiger partial charge is 0.159 e. The molecule has 0 saturated heterocycles. The molecule has 0 unspecified atom stereocenters. The Labute approximate surface area is 92.1 Å². The van der Waals surface area contributed by atoms with Gasteiger partial charge in [-0.2, -0.15) is 5.10 Å². The fraction of sp³-hybridized carbons (Fsp3) is 0.400. The molecule has 0 aliphatic heterocycles. The summed E-state index contributed by atoms with van der Waals surface area (Å²) in [6.45, 7) is 0.623. The average molecular weight is 223 g/mol. The van der Waals surface area contributed by atoms with E-state index in [0.29, 0.717) is 11.6 Å². The largest absolute Gasteiger partial charge is 0.329 e. The van der Waals surface area contributed by atoms with E-state index in [9.17, 15) is 0 Å². The minimum atomic E-state index is 0.0402. The number of fused-ring (bicyclic) bond motifs is 1. The van der Waals surface area contributed by atoms with Crippen LogP contribution >= 0.6 is 11.6 Å². The Balaban J connectivity index is 2.14. The second kappa shape index (κ2) is 2.93. The Morgan fingerprint density at radius 1 is 1.47 bits per heavy atom. The minimum absolute atomic E-state index is 0.0402. The van der Waals surface area contributed by atoms with E-state index in [2.05, 4.69) is 10.1 Å². The molecule has 2 aromatic rings. The zero-order valence-electron chi connectivity index (χ0n) is 8.15. The number of aromatic nitrogens is 3. The van der Waals surface area contributed by atoms with Crippen molar-refractivity contribution in [2.45, 2.75) is 18.3 Å². The highest BCUT2D eigenvalue weighted by molar-refractivity contribution is 6.30. The summed E-state index contributed by atoms with van der Waals surface area (Å²) in [6.07, 6.45) is 3.95. The molecule has 4 nitrogen and oxygen atoms in total. The molecular formula is C10H11ClN4. The number of halogens is 1. The van der Waals surface area contributed by atoms with Crippen molar-refractivity contribution in [1.82, 2.24) is 14.6 Å². The van der Waals surface area contributed by atoms with Crippen LogP contribution in [-0.4, -0.2) is 21.1 Å². The van der Waals surface area contributed by atoms with Crippen LogP contribution in [0.4, 0.5) is 0 Å². The van der Waals surface area contributed by atoms with Crippen LogP contribution in [0.1, 0.15) is 18.7 Å². The first-order valence-corrected chi connectivity index (χ1v) is 5.34. The first kappa shape index (κ1) is 9.12. The van der Waals surface area contributed by atoms with E-state index in [1.807, 2.05) is 12.1 Å². The standard InChI is InChI=1S/C10H11ClN4/c11-7-1-2-8-13-9(14-15(8)5-7)10(6-12)3-4-10/h1-2,5H,3-4,6,12H2. The summed E-state index contributed by atoms with van der Waals surface area (Å²) in [4.78, 5) is 4.47. The monoisotopic (exact) mass is 222 g/mol. The van der Waals surface area contributed by atoms with E-state index in [0.717, 1.165) is 24.3 Å². The van der Waals surface area contributed by atoms with Crippen LogP contribution in [-0.2, 0) is 5.41 Å². The number of nitrogens with two attached hydrogens (primary N) is 1. The highest BCUT2D eigenvalue weighted by Crippen LogP contribution is 2.45. The summed E-state index contributed by atoms with van der Waals surface area (Å²) in [5, 5.41) is 5.08. The molecule has 1 aliphatic rings. The molecule has 0 radical (unpaired) electrons. The van der Waals surface area contributed by atoms with Crippen molar-refractivity contribution in [3.05, 3.63) is 29.2 Å². The van der Waals surface area contributed by atoms with Crippen LogP contribution in [0.3, 0.4) is 0 Å². The quantitative estimate of drug-likeness (QED) is 0.835. The zero-order chi connectivity index (χ0) is 10.5. The van der Waals surface area contributed by atoms with E-state index >= 15 is 0 Å². The van der Waals surface area contributed by atoms with Gasteiger partial charge in [-0.1, -0.05) is 11.6 Å². The third-order valence-corrected chi connectivity index (χ3v) is 3.24. The Morgan fingerprint density at radius 3 is 2.93 bits per heavy atom. The lowest BCUT2D eigenvalue weighted by Crippen LogP contribution is -2.21. The van der Waals surface area contributed by atoms with Crippen LogP contribution in [0.5, 0.6) is 0 Å². The normalized spacial score (nSPS) is 18.3. The van der Waals surface area contributed by atoms with Crippen LogP contribution < -0.4 is 5.73 Å². The lowest BCUT2D eigenvalue weighted by atomic mass is 10.1. The highest BCUT2D eigenvalue weighted by Gasteiger charge is 2.46. The van der Waals surface area contributed by atoms with Gasteiger partial charge in [0.2, 0.25) is 0 Å². The number of pyridine rings is 1. The van der Waals surface area contributed by atoms with Gasteiger partial charge in [0, 0.05) is 18.2 Å². The molecule has 0 aromatic carbocycles. The third kappa shape index (κ3) is 1.33. The van der Waals surface area contributed by atoms with Gasteiger partial charge in [0.05, 0.1) is 5.02 Å². The second-order valence-corrected chi connectivity index (χ2v) is 4.51. The van der Waals surface area contributed by atoms with Crippen molar-refractivity contribution in [1.29, 1.82) is 0 Å². The van der Waals surface area contributed by atoms with Crippen molar-refractivity contribution in [2.75, 3.05) is 6.54 Å². The van der Waals surface area contributed by atoms with E-state index in [-0.39, 0.29) is 5.41 Å². The van der Waals surface area contributed by atoms with Crippen LogP contribution in [0.25, 0.3) is 5.65 Å². The topological polar surface area (TPSA) is 56.2 Å². The Bertz CT molecular complexity index is 515. The van der Waals surface area contributed by atoms with Gasteiger partial charge in [-0.15, -0.1) is 0 Å². The summed E-state index contributed by atoms with van der Waals surface area (Å²) in [5.74, 6) is 0.854. The first-order valence-electron chi connectivity index (χ1n) is 4.96. The van der Waals surface area contributed by atoms with Crippen molar-refractivity contribution in [2.24, 2.45) is 5.73 Å². The van der Waals surface area contributed by atoms with E-state index in [4.69, 9.17) is 17.3 Å². The van der Waals surface area contributed by atoms with Gasteiger partial charge in [-0.25, -0.2) is 9.50 Å². The van der Waals surface area contributed by atoms with E-state index in [1.54, 1.807) is 10.7 Å². The van der Waals surface area contributed by atoms with Gasteiger partial charge < -0.3 is 5.73 Å². The van der Waals surface area contributed by atoms with Crippen molar-refractivity contribution >= 4 is 17.2 Å². The number of hydrogen-bond donors (Lipinski definition) is 1. The zero-order valence-corrected chi connectivity index (χ0v) is 8.91. The van der Waals surface area contributed by atoms with Gasteiger partial charge in [0.25, 0.3) is 0 Å². The Kier molecular flexibility index (Phi) is 1.78. The summed E-state index contributed by atoms with van der Waals surface area (Å²) < 4.78 is 1.72. The maximum atomic E-state index is 5.88. The van der Waals surface area contributed by atoms with Gasteiger partial charge >= 0.3 is 0 Å². The molecule has 15 heavy (non-hydrogen) atoms. The number of nitrogens with zero attached hydrogens (tertiary/aromatic N) is 3. The lowest BCUT2D eigenvalue weighted by molar-refractivity contribution is 0.647. The second-order valence-electron chi connectivity index (χ2n) is 4.07. The van der Waals surface area contributed by atoms with Crippen molar-refractivity contribution in [3.8, 4) is 0 Å². The summed E-state index contributed by atoms with van der Waals surface area (Å²) in [7, 11) is 0. The molecule has 1 aliphatic carbocycles. The maximum Gasteiger partial charge on any atom is 0.159 e. The van der Waals surface area contributed by atoms with Crippen LogP contribution in [0, 0.1) is 0 Å². The molecular weight excluding hydrogens is 212 g/mol. The molecule has 0 atom stereocenters. The molecule has 2 N–H and O–H groups in total. The summed E-state index contributed by atoms with van der Waals surface area (Å²) in [5.41, 5.74) is 6.61. The minimum Gasteiger partial charge on any atom is -0.329 e. The van der Waals surface area contributed by atoms with E-state index in [1.165, 1.54) is 0 Å². The molecule has 2 aromatic heterocycles. The van der Waals surface area contributed by atoms with Crippen LogP contribution in [0.15, 0.2) is 18.3 Å². The summed E-state index contributed by atoms with van der Waals surface area (Å²) >= 11 is 5.88. The molecule has 1 fully saturated rings. The predicted molar refractivity (Wildman–Crippen MR) is 58.0 cm³/mol. The van der Waals surface area contributed by atoms with Crippen molar-refractivity contribution in [3.63, 3.8) is 0 Å². The molecule has 5 heteroatoms. The average Bonchev–Trinajstić information content (AvgIpc) is 2.93. The van der Waals surface area contributed by atoms with Gasteiger partial charge in [0.1, 0.15) is 0 Å². The molecule has 2 heterocycles. The molecule has 3 rings (SSSR count). The number of rotatable bonds is 2. The number of hydrogen-bond acceptors (Lipinski definition) is 3. The highest BCUT2D eigenvalue weighted by atomic mass is 35.5. The predicted octanol–water partition coefficient (Wildman–Crippen LogP) is 1.37. The SMILES string of the molecule is NCC1(c2nc3ccc(Cl)cn3n2)CC1. The van der Waals surface area contributed by atoms with Gasteiger partial charge in [0.15, 0.2) is 11.5 Å². The Morgan fingerprint density at radius 2 is 2.27 bits per heavy atom. The van der Waals surface area contributed by atoms with Gasteiger partial charge in [-0.3, -0.25) is 0 Å². The fourth-order valence-corrected chi connectivity index (χ4v) is 1.91. The fourth-order valence-electron chi connectivity index (χ4n) is 1.75. The molecule has 1 saturated carbocycles. The first-order chi connectivity index (χ1) is 7.23. The Hall–Kier alpha value is -1.13. The molecule has 0 bridgehead atoms. The van der Waals surface area contributed by atoms with E-state index < -0.39 is 0 Å². The molecule has 0 spiro atoms. The van der Waals surface area contributed by atoms with Gasteiger partial charge in [-0.05, 0) is 25.0 Å². The maximum absolute atomic E-state index is 5.88. The van der Waals surface area contributed by atoms with Crippen molar-refractivity contribution < 1.29 is 0 Å².